The number of carbonyl (C=O) groups excluding carboxylic acids is 1. The number of imidazole rings is 1. The van der Waals surface area contributed by atoms with Crippen molar-refractivity contribution in [1.29, 1.82) is 0 Å². The lowest BCUT2D eigenvalue weighted by atomic mass is 9.52. The van der Waals surface area contributed by atoms with Gasteiger partial charge < -0.3 is 16.0 Å². The average Bonchev–Trinajstić information content (AvgIpc) is 3.40. The number of aromatic amines is 1. The molecular formula is C20H25N5O. The first kappa shape index (κ1) is 15.1. The lowest BCUT2D eigenvalue weighted by Gasteiger charge is -2.57. The van der Waals surface area contributed by atoms with Crippen LogP contribution in [-0.4, -0.2) is 32.9 Å². The van der Waals surface area contributed by atoms with Gasteiger partial charge in [0.05, 0.1) is 11.1 Å². The fraction of sp³-hybridized carbons (Fsp3) is 0.650. The monoisotopic (exact) mass is 351 g/mol. The van der Waals surface area contributed by atoms with Crippen LogP contribution in [0.5, 0.6) is 0 Å². The van der Waals surface area contributed by atoms with Crippen molar-refractivity contribution < 1.29 is 4.79 Å². The van der Waals surface area contributed by atoms with Crippen molar-refractivity contribution in [3.05, 3.63) is 23.7 Å². The van der Waals surface area contributed by atoms with E-state index in [2.05, 4.69) is 20.3 Å². The van der Waals surface area contributed by atoms with E-state index in [1.807, 2.05) is 6.07 Å². The maximum Gasteiger partial charge on any atom is 0.253 e. The molecule has 0 aromatic carbocycles. The molecule has 6 atom stereocenters. The molecule has 6 heteroatoms. The van der Waals surface area contributed by atoms with Crippen molar-refractivity contribution in [2.75, 3.05) is 0 Å². The quantitative estimate of drug-likeness (QED) is 0.790. The van der Waals surface area contributed by atoms with Gasteiger partial charge >= 0.3 is 0 Å². The van der Waals surface area contributed by atoms with Crippen molar-refractivity contribution >= 4 is 17.1 Å². The summed E-state index contributed by atoms with van der Waals surface area (Å²) in [6.07, 6.45) is 8.96. The average molecular weight is 351 g/mol. The van der Waals surface area contributed by atoms with Crippen molar-refractivity contribution in [1.82, 2.24) is 20.3 Å². The number of hydrogen-bond acceptors (Lipinski definition) is 4. The van der Waals surface area contributed by atoms with Crippen LogP contribution in [0, 0.1) is 23.7 Å². The van der Waals surface area contributed by atoms with E-state index in [4.69, 9.17) is 5.73 Å². The molecule has 6 unspecified atom stereocenters. The van der Waals surface area contributed by atoms with Gasteiger partial charge in [0, 0.05) is 24.2 Å². The number of fused-ring (bicyclic) bond motifs is 1. The minimum atomic E-state index is -0.00642. The van der Waals surface area contributed by atoms with E-state index in [0.29, 0.717) is 34.9 Å². The summed E-state index contributed by atoms with van der Waals surface area (Å²) in [5.41, 5.74) is 8.62. The Labute approximate surface area is 152 Å². The Morgan fingerprint density at radius 3 is 2.88 bits per heavy atom. The Hall–Kier alpha value is -1.95. The molecule has 26 heavy (non-hydrogen) atoms. The highest BCUT2D eigenvalue weighted by molar-refractivity contribution is 6.04. The molecule has 0 spiro atoms. The largest absolute Gasteiger partial charge is 0.349 e. The summed E-state index contributed by atoms with van der Waals surface area (Å²) < 4.78 is 0. The number of amides is 1. The molecule has 5 fully saturated rings. The third-order valence-electron chi connectivity index (χ3n) is 7.41. The van der Waals surface area contributed by atoms with Crippen LogP contribution in [-0.2, 0) is 0 Å². The molecule has 2 heterocycles. The second-order valence-electron chi connectivity index (χ2n) is 9.02. The predicted molar refractivity (Wildman–Crippen MR) is 97.5 cm³/mol. The molecule has 136 valence electrons. The Morgan fingerprint density at radius 1 is 1.19 bits per heavy atom. The molecule has 0 saturated heterocycles. The van der Waals surface area contributed by atoms with Gasteiger partial charge in [-0.15, -0.1) is 0 Å². The molecule has 2 aromatic rings. The topological polar surface area (TPSA) is 96.7 Å². The Balaban J connectivity index is 1.30. The van der Waals surface area contributed by atoms with Gasteiger partial charge in [-0.1, -0.05) is 0 Å². The first-order valence-electron chi connectivity index (χ1n) is 10.1. The molecule has 0 radical (unpaired) electrons. The van der Waals surface area contributed by atoms with E-state index in [9.17, 15) is 4.79 Å². The van der Waals surface area contributed by atoms with Crippen LogP contribution in [0.1, 0.15) is 60.6 Å². The molecule has 6 nitrogen and oxygen atoms in total. The number of pyridine rings is 1. The number of aromatic nitrogens is 3. The standard InChI is InChI=1S/C20H25N5O/c21-15-11-5-9-6-12(8-11)16(14(15)7-9)24-20(26)13-3-4-22-19-17(13)23-18(25-19)10-1-2-10/h3-4,9-12,14-16H,1-2,5-8,21H2,(H,24,26)(H,22,23,25). The fourth-order valence-corrected chi connectivity index (χ4v) is 6.08. The van der Waals surface area contributed by atoms with Crippen molar-refractivity contribution in [2.24, 2.45) is 29.4 Å². The molecule has 7 rings (SSSR count). The maximum absolute atomic E-state index is 13.1. The van der Waals surface area contributed by atoms with Crippen LogP contribution in [0.25, 0.3) is 11.2 Å². The summed E-state index contributed by atoms with van der Waals surface area (Å²) >= 11 is 0. The van der Waals surface area contributed by atoms with Crippen LogP contribution < -0.4 is 11.1 Å². The third kappa shape index (κ3) is 2.17. The third-order valence-corrected chi connectivity index (χ3v) is 7.41. The van der Waals surface area contributed by atoms with E-state index in [0.717, 1.165) is 17.3 Å². The molecule has 5 aliphatic carbocycles. The number of nitrogens with zero attached hydrogens (tertiary/aromatic N) is 2. The van der Waals surface area contributed by atoms with Crippen molar-refractivity contribution in [2.45, 2.75) is 56.5 Å². The zero-order valence-corrected chi connectivity index (χ0v) is 14.8. The smallest absolute Gasteiger partial charge is 0.253 e. The predicted octanol–water partition coefficient (Wildman–Crippen LogP) is 2.33. The van der Waals surface area contributed by atoms with Gasteiger partial charge in [0.2, 0.25) is 0 Å². The Kier molecular flexibility index (Phi) is 3.08. The zero-order chi connectivity index (χ0) is 17.4. The number of rotatable bonds is 3. The molecule has 5 saturated carbocycles. The SMILES string of the molecule is NC1C2CC3CC(C2)C(NC(=O)c2ccnc4nc(C5CC5)[nH]c24)C1C3. The molecular weight excluding hydrogens is 326 g/mol. The van der Waals surface area contributed by atoms with Gasteiger partial charge in [0.25, 0.3) is 5.91 Å². The highest BCUT2D eigenvalue weighted by Crippen LogP contribution is 2.53. The van der Waals surface area contributed by atoms with Crippen LogP contribution in [0.4, 0.5) is 0 Å². The molecule has 5 aliphatic rings. The first-order valence-corrected chi connectivity index (χ1v) is 10.1. The summed E-state index contributed by atoms with van der Waals surface area (Å²) in [5, 5.41) is 3.36. The number of nitrogens with two attached hydrogens (primary N) is 1. The zero-order valence-electron chi connectivity index (χ0n) is 14.8. The van der Waals surface area contributed by atoms with Gasteiger partial charge in [-0.25, -0.2) is 9.97 Å². The van der Waals surface area contributed by atoms with E-state index < -0.39 is 0 Å². The highest BCUT2D eigenvalue weighted by atomic mass is 16.1. The van der Waals surface area contributed by atoms with Crippen molar-refractivity contribution in [3.63, 3.8) is 0 Å². The summed E-state index contributed by atoms with van der Waals surface area (Å²) in [6, 6.07) is 2.28. The van der Waals surface area contributed by atoms with Gasteiger partial charge in [0.15, 0.2) is 5.65 Å². The number of hydrogen-bond donors (Lipinski definition) is 3. The number of H-pyrrole nitrogens is 1. The summed E-state index contributed by atoms with van der Waals surface area (Å²) in [6.45, 7) is 0. The van der Waals surface area contributed by atoms with E-state index >= 15 is 0 Å². The van der Waals surface area contributed by atoms with Crippen LogP contribution in [0.2, 0.25) is 0 Å². The van der Waals surface area contributed by atoms with Crippen molar-refractivity contribution in [3.8, 4) is 0 Å². The molecule has 1 amide bonds. The van der Waals surface area contributed by atoms with Crippen LogP contribution in [0.15, 0.2) is 12.3 Å². The summed E-state index contributed by atoms with van der Waals surface area (Å²) in [5.74, 6) is 4.03. The maximum atomic E-state index is 13.1. The molecule has 4 bridgehead atoms. The number of carbonyl (C=O) groups is 1. The summed E-state index contributed by atoms with van der Waals surface area (Å²) in [4.78, 5) is 25.4. The van der Waals surface area contributed by atoms with Gasteiger partial charge in [0.1, 0.15) is 5.82 Å². The van der Waals surface area contributed by atoms with Crippen LogP contribution in [0.3, 0.4) is 0 Å². The first-order chi connectivity index (χ1) is 12.7. The highest BCUT2D eigenvalue weighted by Gasteiger charge is 2.52. The van der Waals surface area contributed by atoms with E-state index in [1.165, 1.54) is 38.5 Å². The Bertz CT molecular complexity index is 887. The van der Waals surface area contributed by atoms with Gasteiger partial charge in [-0.05, 0) is 68.3 Å². The molecule has 2 aromatic heterocycles. The number of nitrogens with one attached hydrogen (secondary N) is 2. The molecule has 0 aliphatic heterocycles. The van der Waals surface area contributed by atoms with E-state index in [1.54, 1.807) is 6.20 Å². The van der Waals surface area contributed by atoms with Gasteiger partial charge in [-0.3, -0.25) is 4.79 Å². The second kappa shape index (κ2) is 5.28. The normalized spacial score (nSPS) is 38.0. The molecule has 4 N–H and O–H groups in total. The Morgan fingerprint density at radius 2 is 2.04 bits per heavy atom. The van der Waals surface area contributed by atoms with Crippen LogP contribution >= 0.6 is 0 Å². The minimum Gasteiger partial charge on any atom is -0.349 e. The lowest BCUT2D eigenvalue weighted by molar-refractivity contribution is -0.0286. The van der Waals surface area contributed by atoms with E-state index in [-0.39, 0.29) is 18.0 Å². The second-order valence-corrected chi connectivity index (χ2v) is 9.02. The lowest BCUT2D eigenvalue weighted by Crippen LogP contribution is -2.63. The summed E-state index contributed by atoms with van der Waals surface area (Å²) in [7, 11) is 0. The minimum absolute atomic E-state index is 0.00642. The fourth-order valence-electron chi connectivity index (χ4n) is 6.08. The van der Waals surface area contributed by atoms with Gasteiger partial charge in [-0.2, -0.15) is 0 Å².